The topological polar surface area (TPSA) is 50.7 Å². The largest absolute Gasteiger partial charge is 0.394 e. The van der Waals surface area contributed by atoms with Gasteiger partial charge >= 0.3 is 0 Å². The van der Waals surface area contributed by atoms with Crippen molar-refractivity contribution >= 4 is 0 Å². The van der Waals surface area contributed by atoms with Crippen molar-refractivity contribution in [2.45, 2.75) is 6.10 Å². The third-order valence-corrected chi connectivity index (χ3v) is 2.55. The second-order valence-electron chi connectivity index (χ2n) is 3.27. The van der Waals surface area contributed by atoms with Crippen LogP contribution in [0.1, 0.15) is 0 Å². The Morgan fingerprint density at radius 2 is 2.36 bits per heavy atom. The van der Waals surface area contributed by atoms with E-state index in [0.29, 0.717) is 13.4 Å². The summed E-state index contributed by atoms with van der Waals surface area (Å²) in [5.74, 6) is 0. The number of nitrogens with one attached hydrogen (secondary N) is 1. The third-order valence-electron chi connectivity index (χ3n) is 2.55. The van der Waals surface area contributed by atoms with Gasteiger partial charge in [-0.1, -0.05) is 0 Å². The minimum atomic E-state index is -0.0301. The summed E-state index contributed by atoms with van der Waals surface area (Å²) in [5, 5.41) is 12.1. The Kier molecular flexibility index (Phi) is 1.85. The van der Waals surface area contributed by atoms with Crippen molar-refractivity contribution in [2.24, 2.45) is 5.41 Å². The number of ether oxygens (including phenoxy) is 2. The molecule has 2 N–H and O–H groups in total. The van der Waals surface area contributed by atoms with Crippen molar-refractivity contribution in [1.82, 2.24) is 5.32 Å². The van der Waals surface area contributed by atoms with Gasteiger partial charge in [-0.2, -0.15) is 0 Å². The molecule has 4 nitrogen and oxygen atoms in total. The molecule has 1 unspecified atom stereocenters. The molecular weight excluding hydrogens is 146 g/mol. The first-order valence-corrected chi connectivity index (χ1v) is 3.88. The molecule has 0 bridgehead atoms. The second-order valence-corrected chi connectivity index (χ2v) is 3.27. The Morgan fingerprint density at radius 1 is 1.55 bits per heavy atom. The van der Waals surface area contributed by atoms with Crippen molar-refractivity contribution in [2.75, 3.05) is 33.1 Å². The molecule has 1 atom stereocenters. The molecule has 2 aliphatic rings. The van der Waals surface area contributed by atoms with E-state index in [1.165, 1.54) is 0 Å². The summed E-state index contributed by atoms with van der Waals surface area (Å²) in [6.07, 6.45) is -0.0301. The van der Waals surface area contributed by atoms with Crippen LogP contribution in [0.4, 0.5) is 0 Å². The van der Waals surface area contributed by atoms with Crippen molar-refractivity contribution < 1.29 is 14.6 Å². The first-order chi connectivity index (χ1) is 5.37. The minimum absolute atomic E-state index is 0.0301. The average Bonchev–Trinajstić information content (AvgIpc) is 2.01. The molecule has 11 heavy (non-hydrogen) atoms. The van der Waals surface area contributed by atoms with Gasteiger partial charge in [0.15, 0.2) is 0 Å². The van der Waals surface area contributed by atoms with E-state index in [4.69, 9.17) is 14.6 Å². The fourth-order valence-electron chi connectivity index (χ4n) is 1.67. The quantitative estimate of drug-likeness (QED) is 0.512. The Hall–Kier alpha value is -0.160. The van der Waals surface area contributed by atoms with Gasteiger partial charge in [0, 0.05) is 18.5 Å². The highest BCUT2D eigenvalue weighted by molar-refractivity contribution is 4.99. The summed E-state index contributed by atoms with van der Waals surface area (Å²) in [4.78, 5) is 0. The average molecular weight is 159 g/mol. The van der Waals surface area contributed by atoms with Crippen molar-refractivity contribution in [3.8, 4) is 0 Å². The maximum atomic E-state index is 8.98. The van der Waals surface area contributed by atoms with Crippen LogP contribution >= 0.6 is 0 Å². The second kappa shape index (κ2) is 2.71. The third kappa shape index (κ3) is 1.06. The normalized spacial score (nSPS) is 35.2. The van der Waals surface area contributed by atoms with E-state index in [0.717, 1.165) is 13.1 Å². The lowest BCUT2D eigenvalue weighted by Crippen LogP contribution is -2.65. The summed E-state index contributed by atoms with van der Waals surface area (Å²) in [6.45, 7) is 2.94. The molecule has 2 aliphatic heterocycles. The van der Waals surface area contributed by atoms with Crippen molar-refractivity contribution in [3.63, 3.8) is 0 Å². The number of rotatable bonds is 1. The maximum Gasteiger partial charge on any atom is 0.147 e. The number of aliphatic hydroxyl groups excluding tert-OH is 1. The summed E-state index contributed by atoms with van der Waals surface area (Å²) in [5.41, 5.74) is 0.0625. The molecule has 2 saturated heterocycles. The SMILES string of the molecule is OCC1OCOCC12CNC2. The van der Waals surface area contributed by atoms with Gasteiger partial charge in [0.2, 0.25) is 0 Å². The number of aliphatic hydroxyl groups is 1. The van der Waals surface area contributed by atoms with E-state index in [-0.39, 0.29) is 18.1 Å². The van der Waals surface area contributed by atoms with Crippen LogP contribution in [0, 0.1) is 5.41 Å². The van der Waals surface area contributed by atoms with Crippen LogP contribution < -0.4 is 5.32 Å². The van der Waals surface area contributed by atoms with E-state index >= 15 is 0 Å². The first-order valence-electron chi connectivity index (χ1n) is 3.88. The van der Waals surface area contributed by atoms with Crippen LogP contribution in [-0.4, -0.2) is 44.3 Å². The van der Waals surface area contributed by atoms with Gasteiger partial charge in [-0.05, 0) is 0 Å². The van der Waals surface area contributed by atoms with Crippen LogP contribution in [0.5, 0.6) is 0 Å². The van der Waals surface area contributed by atoms with Crippen LogP contribution in [-0.2, 0) is 9.47 Å². The lowest BCUT2D eigenvalue weighted by atomic mass is 9.77. The zero-order valence-corrected chi connectivity index (χ0v) is 6.38. The van der Waals surface area contributed by atoms with Gasteiger partial charge in [0.25, 0.3) is 0 Å². The summed E-state index contributed by atoms with van der Waals surface area (Å²) in [6, 6.07) is 0. The molecule has 0 aliphatic carbocycles. The highest BCUT2D eigenvalue weighted by Crippen LogP contribution is 2.32. The molecule has 0 radical (unpaired) electrons. The molecule has 0 aromatic rings. The lowest BCUT2D eigenvalue weighted by molar-refractivity contribution is -0.231. The maximum absolute atomic E-state index is 8.98. The zero-order chi connectivity index (χ0) is 7.73. The molecule has 0 amide bonds. The van der Waals surface area contributed by atoms with E-state index < -0.39 is 0 Å². The van der Waals surface area contributed by atoms with Gasteiger partial charge < -0.3 is 19.9 Å². The predicted octanol–water partition coefficient (Wildman–Crippen LogP) is -1.06. The molecule has 0 saturated carbocycles. The Balaban J connectivity index is 2.02. The van der Waals surface area contributed by atoms with E-state index in [9.17, 15) is 0 Å². The predicted molar refractivity (Wildman–Crippen MR) is 38.1 cm³/mol. The van der Waals surface area contributed by atoms with Crippen LogP contribution in [0.3, 0.4) is 0 Å². The van der Waals surface area contributed by atoms with Gasteiger partial charge in [-0.3, -0.25) is 0 Å². The molecule has 2 heterocycles. The van der Waals surface area contributed by atoms with Gasteiger partial charge in [-0.15, -0.1) is 0 Å². The number of hydrogen-bond acceptors (Lipinski definition) is 4. The molecule has 4 heteroatoms. The van der Waals surface area contributed by atoms with Crippen molar-refractivity contribution in [1.29, 1.82) is 0 Å². The van der Waals surface area contributed by atoms with Crippen LogP contribution in [0.15, 0.2) is 0 Å². The lowest BCUT2D eigenvalue weighted by Gasteiger charge is -2.49. The highest BCUT2D eigenvalue weighted by Gasteiger charge is 2.47. The van der Waals surface area contributed by atoms with E-state index in [2.05, 4.69) is 5.32 Å². The molecule has 2 rings (SSSR count). The van der Waals surface area contributed by atoms with E-state index in [1.54, 1.807) is 0 Å². The molecule has 0 aromatic heterocycles. The highest BCUT2D eigenvalue weighted by atomic mass is 16.7. The summed E-state index contributed by atoms with van der Waals surface area (Å²) < 4.78 is 10.5. The van der Waals surface area contributed by atoms with Crippen molar-refractivity contribution in [3.05, 3.63) is 0 Å². The Morgan fingerprint density at radius 3 is 2.82 bits per heavy atom. The van der Waals surface area contributed by atoms with Crippen LogP contribution in [0.2, 0.25) is 0 Å². The fourth-order valence-corrected chi connectivity index (χ4v) is 1.67. The zero-order valence-electron chi connectivity index (χ0n) is 6.38. The van der Waals surface area contributed by atoms with Crippen LogP contribution in [0.25, 0.3) is 0 Å². The molecule has 1 spiro atoms. The Labute approximate surface area is 65.5 Å². The minimum Gasteiger partial charge on any atom is -0.394 e. The first kappa shape index (κ1) is 7.49. The van der Waals surface area contributed by atoms with Gasteiger partial charge in [-0.25, -0.2) is 0 Å². The monoisotopic (exact) mass is 159 g/mol. The fraction of sp³-hybridized carbons (Fsp3) is 1.00. The smallest absolute Gasteiger partial charge is 0.147 e. The molecule has 64 valence electrons. The van der Waals surface area contributed by atoms with Gasteiger partial charge in [0.1, 0.15) is 6.79 Å². The number of hydrogen-bond donors (Lipinski definition) is 2. The van der Waals surface area contributed by atoms with Gasteiger partial charge in [0.05, 0.1) is 19.3 Å². The molecular formula is C7H13NO3. The molecule has 2 fully saturated rings. The standard InChI is InChI=1S/C7H13NO3/c9-1-6-7(2-8-3-7)4-10-5-11-6/h6,8-9H,1-5H2. The molecule has 0 aromatic carbocycles. The van der Waals surface area contributed by atoms with E-state index in [1.807, 2.05) is 0 Å². The summed E-state index contributed by atoms with van der Waals surface area (Å²) in [7, 11) is 0. The Bertz CT molecular complexity index is 147. The summed E-state index contributed by atoms with van der Waals surface area (Å²) >= 11 is 0.